The lowest BCUT2D eigenvalue weighted by molar-refractivity contribution is -0.141. The zero-order chi connectivity index (χ0) is 47.4. The third-order valence-corrected chi connectivity index (χ3v) is 16.0. The number of para-hydroxylation sites is 1. The quantitative estimate of drug-likeness (QED) is 0.0671. The standard InChI is InChI=1S/C58H62N4O7/c1-4-60-47-14-8-5-10-34(47)16-18-41-36-24-25-58(29-36)30-37-26-40(64)28-50(66-3)52(37)44-21-20-43-46(32-67-33(2)63)56(69-57(43)54(44)58)53-35(11-9-15-48-42(41)22-23-51(59)62-48)27-49(65)55-45(53)19-17-39(31-68-55)61-38-12-6-7-13-38/h5,8,10,14,17,19-23,26-28,36,38-39,41,46,56,60-61,64-65H,4,6-7,11-13,16,18,24-25,29-32H2,1-3H3,(H2,59,62)/t36-,39+,41-,46+,56+,58+/m1/s1. The van der Waals surface area contributed by atoms with Crippen LogP contribution in [0, 0.1) is 17.8 Å². The number of aromatic hydroxyl groups is 2. The summed E-state index contributed by atoms with van der Waals surface area (Å²) in [5, 5.41) is 30.5. The number of fused-ring (bicyclic) bond motifs is 9. The van der Waals surface area contributed by atoms with Crippen molar-refractivity contribution in [2.24, 2.45) is 5.92 Å². The van der Waals surface area contributed by atoms with Crippen LogP contribution in [0.4, 0.5) is 11.5 Å². The third-order valence-electron chi connectivity index (χ3n) is 16.0. The van der Waals surface area contributed by atoms with Crippen LogP contribution in [-0.4, -0.2) is 60.1 Å². The number of esters is 1. The van der Waals surface area contributed by atoms with Crippen LogP contribution in [0.25, 0.3) is 17.2 Å². The average molecular weight is 927 g/mol. The van der Waals surface area contributed by atoms with Crippen molar-refractivity contribution in [1.82, 2.24) is 10.3 Å². The first-order chi connectivity index (χ1) is 33.6. The molecule has 2 saturated carbocycles. The number of rotatable bonds is 10. The lowest BCUT2D eigenvalue weighted by Gasteiger charge is -2.39. The molecule has 3 aliphatic carbocycles. The summed E-state index contributed by atoms with van der Waals surface area (Å²) in [4.78, 5) is 17.7. The largest absolute Gasteiger partial charge is 0.508 e. The number of nitrogens with zero attached hydrogens (tertiary/aromatic N) is 1. The summed E-state index contributed by atoms with van der Waals surface area (Å²) < 4.78 is 26.2. The van der Waals surface area contributed by atoms with E-state index in [1.54, 1.807) is 19.2 Å². The highest BCUT2D eigenvalue weighted by Crippen LogP contribution is 2.64. The molecule has 11 rings (SSSR count). The SMILES string of the molecule is CCNc1ccccc1CC[C@H]1c2ccc(N)nc2C#CCc2cc(O)c3c(c2[C@H]2Oc4c(ccc5c4[C@]4(CC[C@@H]1C4)Cc1cc(O)cc(OC)c1-5)[C@@H]2COC(C)=O)C=C[C@H](NC1CCCC1)CO3. The first kappa shape index (κ1) is 44.8. The van der Waals surface area contributed by atoms with Crippen molar-refractivity contribution in [3.63, 3.8) is 0 Å². The highest BCUT2D eigenvalue weighted by atomic mass is 16.5. The number of nitrogens with one attached hydrogen (secondary N) is 2. The van der Waals surface area contributed by atoms with Crippen molar-refractivity contribution in [2.45, 2.75) is 120 Å². The Bertz CT molecular complexity index is 2930. The number of phenols is 2. The number of nitrogen functional groups attached to an aromatic ring is 1. The van der Waals surface area contributed by atoms with Gasteiger partial charge in [-0.2, -0.15) is 0 Å². The predicted octanol–water partition coefficient (Wildman–Crippen LogP) is 10.2. The number of carbonyl (C=O) groups is 1. The number of carbonyl (C=O) groups excluding carboxylic acids is 1. The van der Waals surface area contributed by atoms with Gasteiger partial charge in [-0.1, -0.05) is 67.3 Å². The van der Waals surface area contributed by atoms with E-state index in [1.165, 1.54) is 25.3 Å². The molecule has 4 heterocycles. The predicted molar refractivity (Wildman–Crippen MR) is 268 cm³/mol. The van der Waals surface area contributed by atoms with Gasteiger partial charge in [-0.3, -0.25) is 4.79 Å². The topological polar surface area (TPSA) is 157 Å². The molecule has 11 nitrogen and oxygen atoms in total. The molecule has 0 amide bonds. The van der Waals surface area contributed by atoms with Gasteiger partial charge in [-0.15, -0.1) is 0 Å². The van der Waals surface area contributed by atoms with Crippen LogP contribution < -0.4 is 30.6 Å². The molecule has 6 atom stereocenters. The smallest absolute Gasteiger partial charge is 0.302 e. The molecule has 5 aromatic rings. The maximum absolute atomic E-state index is 12.8. The number of hydrogen-bond donors (Lipinski definition) is 5. The number of hydrogen-bond acceptors (Lipinski definition) is 11. The van der Waals surface area contributed by atoms with Crippen molar-refractivity contribution in [1.29, 1.82) is 0 Å². The van der Waals surface area contributed by atoms with Gasteiger partial charge in [0.15, 0.2) is 11.5 Å². The zero-order valence-electron chi connectivity index (χ0n) is 39.8. The van der Waals surface area contributed by atoms with Crippen LogP contribution in [0.5, 0.6) is 28.7 Å². The van der Waals surface area contributed by atoms with Gasteiger partial charge >= 0.3 is 5.97 Å². The first-order valence-electron chi connectivity index (χ1n) is 25.0. The summed E-state index contributed by atoms with van der Waals surface area (Å²) in [6.07, 6.45) is 13.6. The molecule has 3 aliphatic heterocycles. The van der Waals surface area contributed by atoms with Gasteiger partial charge in [-0.25, -0.2) is 4.98 Å². The molecule has 6 aliphatic rings. The monoisotopic (exact) mass is 926 g/mol. The van der Waals surface area contributed by atoms with Crippen LogP contribution in [0.1, 0.15) is 133 Å². The van der Waals surface area contributed by atoms with Gasteiger partial charge in [0.2, 0.25) is 0 Å². The van der Waals surface area contributed by atoms with Crippen LogP contribution >= 0.6 is 0 Å². The Kier molecular flexibility index (Phi) is 11.9. The Morgan fingerprint density at radius 3 is 2.67 bits per heavy atom. The highest BCUT2D eigenvalue weighted by Gasteiger charge is 2.52. The minimum Gasteiger partial charge on any atom is -0.508 e. The maximum atomic E-state index is 12.8. The maximum Gasteiger partial charge on any atom is 0.302 e. The van der Waals surface area contributed by atoms with Crippen molar-refractivity contribution < 1.29 is 34.0 Å². The fourth-order valence-electron chi connectivity index (χ4n) is 13.0. The minimum absolute atomic E-state index is 0.0305. The van der Waals surface area contributed by atoms with Gasteiger partial charge in [-0.05, 0) is 128 Å². The first-order valence-corrected chi connectivity index (χ1v) is 25.0. The average Bonchev–Trinajstić information content (AvgIpc) is 4.06. The molecule has 2 fully saturated rings. The van der Waals surface area contributed by atoms with Crippen molar-refractivity contribution in [3.05, 3.63) is 123 Å². The molecule has 69 heavy (non-hydrogen) atoms. The molecule has 0 saturated heterocycles. The summed E-state index contributed by atoms with van der Waals surface area (Å²) >= 11 is 0. The van der Waals surface area contributed by atoms with E-state index in [0.717, 1.165) is 113 Å². The molecule has 4 bridgehead atoms. The van der Waals surface area contributed by atoms with Crippen LogP contribution in [0.3, 0.4) is 0 Å². The number of anilines is 2. The number of nitrogens with two attached hydrogens (primary N) is 1. The van der Waals surface area contributed by atoms with E-state index in [-0.39, 0.29) is 48.4 Å². The van der Waals surface area contributed by atoms with Gasteiger partial charge in [0.25, 0.3) is 0 Å². The lowest BCUT2D eigenvalue weighted by Crippen LogP contribution is -2.38. The summed E-state index contributed by atoms with van der Waals surface area (Å²) in [6.45, 7) is 4.84. The second-order valence-corrected chi connectivity index (χ2v) is 20.1. The van der Waals surface area contributed by atoms with E-state index in [0.29, 0.717) is 42.1 Å². The van der Waals surface area contributed by atoms with E-state index >= 15 is 0 Å². The lowest BCUT2D eigenvalue weighted by atomic mass is 9.64. The Morgan fingerprint density at radius 2 is 1.84 bits per heavy atom. The Morgan fingerprint density at radius 1 is 1.00 bits per heavy atom. The van der Waals surface area contributed by atoms with Crippen LogP contribution in [-0.2, 0) is 34.2 Å². The van der Waals surface area contributed by atoms with E-state index in [1.807, 2.05) is 12.1 Å². The molecule has 11 heteroatoms. The molecule has 0 radical (unpaired) electrons. The molecule has 356 valence electrons. The van der Waals surface area contributed by atoms with Crippen molar-refractivity contribution in [3.8, 4) is 51.7 Å². The van der Waals surface area contributed by atoms with Crippen LogP contribution in [0.15, 0.2) is 72.8 Å². The second-order valence-electron chi connectivity index (χ2n) is 20.1. The number of ether oxygens (including phenoxy) is 4. The number of pyridine rings is 1. The van der Waals surface area contributed by atoms with Gasteiger partial charge < -0.3 is 45.5 Å². The summed E-state index contributed by atoms with van der Waals surface area (Å²) in [5.41, 5.74) is 17.7. The number of methoxy groups -OCH3 is 1. The number of aryl methyl sites for hydroxylation is 1. The molecule has 1 spiro atoms. The molecule has 1 aromatic heterocycles. The normalized spacial score (nSPS) is 23.8. The Labute approximate surface area is 404 Å². The van der Waals surface area contributed by atoms with Gasteiger partial charge in [0.1, 0.15) is 48.1 Å². The van der Waals surface area contributed by atoms with Crippen molar-refractivity contribution in [2.75, 3.05) is 37.9 Å². The van der Waals surface area contributed by atoms with Gasteiger partial charge in [0, 0.05) is 70.9 Å². The van der Waals surface area contributed by atoms with Crippen molar-refractivity contribution >= 4 is 23.6 Å². The van der Waals surface area contributed by atoms with Gasteiger partial charge in [0.05, 0.1) is 19.1 Å². The fraction of sp³-hybridized carbons (Fsp3) is 0.414. The van der Waals surface area contributed by atoms with Crippen LogP contribution in [0.2, 0.25) is 0 Å². The fourth-order valence-corrected chi connectivity index (χ4v) is 13.0. The Balaban J connectivity index is 1.14. The Hall–Kier alpha value is -6.64. The molecule has 6 N–H and O–H groups in total. The zero-order valence-corrected chi connectivity index (χ0v) is 39.8. The summed E-state index contributed by atoms with van der Waals surface area (Å²) in [7, 11) is 1.65. The molecule has 4 aromatic carbocycles. The van der Waals surface area contributed by atoms with E-state index in [4.69, 9.17) is 29.7 Å². The van der Waals surface area contributed by atoms with E-state index in [9.17, 15) is 15.0 Å². The second kappa shape index (κ2) is 18.4. The number of phenolic OH excluding ortho intramolecular Hbond substituents is 2. The summed E-state index contributed by atoms with van der Waals surface area (Å²) in [6, 6.07) is 22.7. The molecular weight excluding hydrogens is 865 g/mol. The van der Waals surface area contributed by atoms with E-state index < -0.39 is 17.4 Å². The number of benzene rings is 4. The highest BCUT2D eigenvalue weighted by molar-refractivity contribution is 5.84. The minimum atomic E-state index is -0.641. The van der Waals surface area contributed by atoms with E-state index in [2.05, 4.69) is 84.0 Å². The molecule has 0 unspecified atom stereocenters. The molecular formula is C58H62N4O7. The number of aromatic nitrogens is 1. The third kappa shape index (κ3) is 8.20. The summed E-state index contributed by atoms with van der Waals surface area (Å²) in [5.74, 6) is 8.97.